The number of ether oxygens (including phenoxy) is 1. The van der Waals surface area contributed by atoms with Crippen LogP contribution in [0.25, 0.3) is 0 Å². The Hall–Kier alpha value is -0.970. The Morgan fingerprint density at radius 2 is 2.41 bits per heavy atom. The zero-order chi connectivity index (χ0) is 12.3. The number of hydrogen-bond acceptors (Lipinski definition) is 4. The third-order valence-electron chi connectivity index (χ3n) is 2.88. The van der Waals surface area contributed by atoms with Gasteiger partial charge in [0, 0.05) is 24.7 Å². The van der Waals surface area contributed by atoms with E-state index >= 15 is 0 Å². The number of likely N-dealkylation sites (N-methyl/N-ethyl adjacent to an activating group) is 1. The van der Waals surface area contributed by atoms with Gasteiger partial charge in [-0.25, -0.2) is 0 Å². The maximum absolute atomic E-state index is 5.93. The second-order valence-corrected chi connectivity index (χ2v) is 4.80. The second kappa shape index (κ2) is 5.58. The van der Waals surface area contributed by atoms with Gasteiger partial charge in [0.1, 0.15) is 0 Å². The quantitative estimate of drug-likeness (QED) is 0.807. The van der Waals surface area contributed by atoms with Crippen molar-refractivity contribution in [3.05, 3.63) is 23.2 Å². The Bertz CT molecular complexity index is 386. The molecular formula is C12H18ClN3O. The number of nitrogen functional groups attached to an aromatic ring is 1. The summed E-state index contributed by atoms with van der Waals surface area (Å²) in [5.74, 6) is 0. The van der Waals surface area contributed by atoms with Gasteiger partial charge in [0.2, 0.25) is 0 Å². The molecule has 0 aliphatic carbocycles. The molecule has 1 aromatic rings. The van der Waals surface area contributed by atoms with Crippen LogP contribution in [0.2, 0.25) is 5.02 Å². The molecule has 1 atom stereocenters. The molecule has 1 aliphatic heterocycles. The number of rotatable bonds is 3. The fourth-order valence-corrected chi connectivity index (χ4v) is 2.07. The Balaban J connectivity index is 1.90. The van der Waals surface area contributed by atoms with Crippen LogP contribution in [0.15, 0.2) is 18.2 Å². The van der Waals surface area contributed by atoms with Crippen LogP contribution in [0.3, 0.4) is 0 Å². The molecule has 0 amide bonds. The van der Waals surface area contributed by atoms with Crippen LogP contribution < -0.4 is 11.1 Å². The zero-order valence-electron chi connectivity index (χ0n) is 9.95. The maximum Gasteiger partial charge on any atom is 0.0874 e. The summed E-state index contributed by atoms with van der Waals surface area (Å²) in [7, 11) is 2.10. The van der Waals surface area contributed by atoms with Gasteiger partial charge in [0.25, 0.3) is 0 Å². The summed E-state index contributed by atoms with van der Waals surface area (Å²) in [6.07, 6.45) is 0.201. The number of morpholine rings is 1. The van der Waals surface area contributed by atoms with Crippen LogP contribution in [0.1, 0.15) is 0 Å². The summed E-state index contributed by atoms with van der Waals surface area (Å²) in [5.41, 5.74) is 7.44. The normalized spacial score (nSPS) is 21.4. The summed E-state index contributed by atoms with van der Waals surface area (Å²) < 4.78 is 5.66. The first-order chi connectivity index (χ1) is 8.15. The standard InChI is InChI=1S/C12H18ClN3O/c1-16-4-5-17-10(8-16)7-15-12-6-9(13)2-3-11(12)14/h2-3,6,10,15H,4-5,7-8,14H2,1H3. The topological polar surface area (TPSA) is 50.5 Å². The lowest BCUT2D eigenvalue weighted by molar-refractivity contribution is -0.0117. The predicted octanol–water partition coefficient (Wildman–Crippen LogP) is 1.66. The van der Waals surface area contributed by atoms with Crippen molar-refractivity contribution < 1.29 is 4.74 Å². The minimum absolute atomic E-state index is 0.201. The molecule has 4 nitrogen and oxygen atoms in total. The Kier molecular flexibility index (Phi) is 4.10. The molecule has 0 bridgehead atoms. The lowest BCUT2D eigenvalue weighted by atomic mass is 10.2. The van der Waals surface area contributed by atoms with E-state index in [9.17, 15) is 0 Å². The lowest BCUT2D eigenvalue weighted by Gasteiger charge is -2.30. The van der Waals surface area contributed by atoms with Crippen LogP contribution in [0, 0.1) is 0 Å². The van der Waals surface area contributed by atoms with Crippen molar-refractivity contribution in [1.29, 1.82) is 0 Å². The second-order valence-electron chi connectivity index (χ2n) is 4.37. The first-order valence-corrected chi connectivity index (χ1v) is 6.12. The summed E-state index contributed by atoms with van der Waals surface area (Å²) in [5, 5.41) is 3.97. The van der Waals surface area contributed by atoms with Gasteiger partial charge in [-0.3, -0.25) is 0 Å². The zero-order valence-corrected chi connectivity index (χ0v) is 10.7. The first-order valence-electron chi connectivity index (χ1n) is 5.74. The van der Waals surface area contributed by atoms with Crippen molar-refractivity contribution >= 4 is 23.0 Å². The van der Waals surface area contributed by atoms with Crippen LogP contribution >= 0.6 is 11.6 Å². The number of halogens is 1. The highest BCUT2D eigenvalue weighted by Gasteiger charge is 2.17. The molecule has 5 heteroatoms. The summed E-state index contributed by atoms with van der Waals surface area (Å²) in [4.78, 5) is 2.26. The molecular weight excluding hydrogens is 238 g/mol. The smallest absolute Gasteiger partial charge is 0.0874 e. The molecule has 0 aromatic heterocycles. The third kappa shape index (κ3) is 3.49. The number of nitrogens with two attached hydrogens (primary N) is 1. The van der Waals surface area contributed by atoms with Crippen molar-refractivity contribution in [1.82, 2.24) is 4.90 Å². The molecule has 1 unspecified atom stereocenters. The fourth-order valence-electron chi connectivity index (χ4n) is 1.90. The maximum atomic E-state index is 5.93. The third-order valence-corrected chi connectivity index (χ3v) is 3.11. The number of nitrogens with one attached hydrogen (secondary N) is 1. The van der Waals surface area contributed by atoms with Crippen LogP contribution in [0.4, 0.5) is 11.4 Å². The Morgan fingerprint density at radius 3 is 3.18 bits per heavy atom. The molecule has 17 heavy (non-hydrogen) atoms. The van der Waals surface area contributed by atoms with E-state index in [0.717, 1.165) is 31.9 Å². The highest BCUT2D eigenvalue weighted by molar-refractivity contribution is 6.31. The molecule has 94 valence electrons. The van der Waals surface area contributed by atoms with Gasteiger partial charge in [0.05, 0.1) is 24.1 Å². The predicted molar refractivity (Wildman–Crippen MR) is 71.6 cm³/mol. The van der Waals surface area contributed by atoms with Crippen molar-refractivity contribution in [2.45, 2.75) is 6.10 Å². The number of anilines is 2. The van der Waals surface area contributed by atoms with Gasteiger partial charge in [-0.05, 0) is 25.2 Å². The molecule has 3 N–H and O–H groups in total. The van der Waals surface area contributed by atoms with Crippen molar-refractivity contribution in [2.75, 3.05) is 44.3 Å². The van der Waals surface area contributed by atoms with Crippen LogP contribution in [0.5, 0.6) is 0 Å². The van der Waals surface area contributed by atoms with Crippen molar-refractivity contribution in [2.24, 2.45) is 0 Å². The van der Waals surface area contributed by atoms with Gasteiger partial charge in [-0.15, -0.1) is 0 Å². The Morgan fingerprint density at radius 1 is 1.59 bits per heavy atom. The van der Waals surface area contributed by atoms with Crippen LogP contribution in [-0.4, -0.2) is 44.3 Å². The fraction of sp³-hybridized carbons (Fsp3) is 0.500. The summed E-state index contributed by atoms with van der Waals surface area (Å²) in [6, 6.07) is 5.43. The van der Waals surface area contributed by atoms with E-state index in [1.807, 2.05) is 6.07 Å². The number of hydrogen-bond donors (Lipinski definition) is 2. The molecule has 1 aliphatic rings. The molecule has 1 fully saturated rings. The highest BCUT2D eigenvalue weighted by atomic mass is 35.5. The van der Waals surface area contributed by atoms with E-state index < -0.39 is 0 Å². The summed E-state index contributed by atoms with van der Waals surface area (Å²) >= 11 is 5.93. The van der Waals surface area contributed by atoms with Crippen molar-refractivity contribution in [3.8, 4) is 0 Å². The SMILES string of the molecule is CN1CCOC(CNc2cc(Cl)ccc2N)C1. The molecule has 1 heterocycles. The molecule has 1 aromatic carbocycles. The largest absolute Gasteiger partial charge is 0.397 e. The van der Waals surface area contributed by atoms with E-state index in [1.54, 1.807) is 12.1 Å². The van der Waals surface area contributed by atoms with E-state index in [1.165, 1.54) is 0 Å². The Labute approximate surface area is 107 Å². The molecule has 0 saturated carbocycles. The average Bonchev–Trinajstić information content (AvgIpc) is 2.30. The minimum atomic E-state index is 0.201. The number of benzene rings is 1. The van der Waals surface area contributed by atoms with Crippen LogP contribution in [-0.2, 0) is 4.74 Å². The average molecular weight is 256 g/mol. The molecule has 1 saturated heterocycles. The van der Waals surface area contributed by atoms with Gasteiger partial charge in [0.15, 0.2) is 0 Å². The number of nitrogens with zero attached hydrogens (tertiary/aromatic N) is 1. The summed E-state index contributed by atoms with van der Waals surface area (Å²) in [6.45, 7) is 3.46. The van der Waals surface area contributed by atoms with E-state index in [-0.39, 0.29) is 6.10 Å². The monoisotopic (exact) mass is 255 g/mol. The van der Waals surface area contributed by atoms with Gasteiger partial charge in [-0.1, -0.05) is 11.6 Å². The lowest BCUT2D eigenvalue weighted by Crippen LogP contribution is -2.43. The van der Waals surface area contributed by atoms with Gasteiger partial charge < -0.3 is 20.7 Å². The minimum Gasteiger partial charge on any atom is -0.397 e. The van der Waals surface area contributed by atoms with Gasteiger partial charge >= 0.3 is 0 Å². The van der Waals surface area contributed by atoms with E-state index in [2.05, 4.69) is 17.3 Å². The van der Waals surface area contributed by atoms with E-state index in [4.69, 9.17) is 22.1 Å². The molecule has 0 radical (unpaired) electrons. The molecule has 2 rings (SSSR count). The molecule has 0 spiro atoms. The van der Waals surface area contributed by atoms with Crippen molar-refractivity contribution in [3.63, 3.8) is 0 Å². The van der Waals surface area contributed by atoms with Gasteiger partial charge in [-0.2, -0.15) is 0 Å². The first kappa shape index (κ1) is 12.5. The van der Waals surface area contributed by atoms with E-state index in [0.29, 0.717) is 10.7 Å². The highest BCUT2D eigenvalue weighted by Crippen LogP contribution is 2.23.